The summed E-state index contributed by atoms with van der Waals surface area (Å²) in [4.78, 5) is 13.1. The van der Waals surface area contributed by atoms with Crippen molar-refractivity contribution in [2.45, 2.75) is 4.90 Å². The summed E-state index contributed by atoms with van der Waals surface area (Å²) in [5.41, 5.74) is 0.983. The van der Waals surface area contributed by atoms with Gasteiger partial charge in [-0.3, -0.25) is 4.79 Å². The molecular formula is C19H16O4S. The summed E-state index contributed by atoms with van der Waals surface area (Å²) in [6, 6.07) is 17.1. The summed E-state index contributed by atoms with van der Waals surface area (Å²) in [5.74, 6) is 0.300. The fourth-order valence-corrected chi connectivity index (χ4v) is 3.31. The Morgan fingerprint density at radius 2 is 1.67 bits per heavy atom. The number of ether oxygens (including phenoxy) is 1. The van der Waals surface area contributed by atoms with E-state index in [1.54, 1.807) is 48.5 Å². The Hall–Kier alpha value is -2.66. The minimum Gasteiger partial charge on any atom is -0.496 e. The molecule has 122 valence electrons. The van der Waals surface area contributed by atoms with Crippen molar-refractivity contribution in [3.63, 3.8) is 0 Å². The molecule has 0 amide bonds. The number of fused-ring (bicyclic) bond motifs is 1. The Kier molecular flexibility index (Phi) is 4.11. The van der Waals surface area contributed by atoms with Crippen LogP contribution in [0.3, 0.4) is 0 Å². The average Bonchev–Trinajstić information content (AvgIpc) is 2.59. The first-order valence-corrected chi connectivity index (χ1v) is 9.21. The molecule has 0 unspecified atom stereocenters. The molecule has 3 aromatic carbocycles. The highest BCUT2D eigenvalue weighted by Gasteiger charge is 2.19. The van der Waals surface area contributed by atoms with E-state index in [4.69, 9.17) is 4.74 Å². The lowest BCUT2D eigenvalue weighted by Gasteiger charge is -2.12. The Balaban J connectivity index is 2.27. The molecule has 0 bridgehead atoms. The van der Waals surface area contributed by atoms with Gasteiger partial charge in [0.2, 0.25) is 0 Å². The molecular weight excluding hydrogens is 324 g/mol. The zero-order valence-corrected chi connectivity index (χ0v) is 14.1. The Morgan fingerprint density at radius 1 is 0.958 bits per heavy atom. The van der Waals surface area contributed by atoms with Crippen LogP contribution >= 0.6 is 0 Å². The smallest absolute Gasteiger partial charge is 0.197 e. The van der Waals surface area contributed by atoms with Gasteiger partial charge in [0, 0.05) is 11.8 Å². The first-order valence-electron chi connectivity index (χ1n) is 7.32. The number of methoxy groups -OCH3 is 1. The highest BCUT2D eigenvalue weighted by Crippen LogP contribution is 2.31. The minimum atomic E-state index is -3.31. The quantitative estimate of drug-likeness (QED) is 0.682. The number of sulfone groups is 1. The first-order chi connectivity index (χ1) is 11.4. The zero-order chi connectivity index (χ0) is 17.3. The third-order valence-corrected chi connectivity index (χ3v) is 4.97. The predicted octanol–water partition coefficient (Wildman–Crippen LogP) is 3.48. The molecule has 0 spiro atoms. The highest BCUT2D eigenvalue weighted by molar-refractivity contribution is 7.90. The molecule has 0 aliphatic rings. The van der Waals surface area contributed by atoms with Crippen molar-refractivity contribution in [1.29, 1.82) is 0 Å². The number of ketones is 1. The van der Waals surface area contributed by atoms with E-state index in [9.17, 15) is 13.2 Å². The fraction of sp³-hybridized carbons (Fsp3) is 0.105. The third kappa shape index (κ3) is 2.90. The van der Waals surface area contributed by atoms with E-state index in [1.165, 1.54) is 13.2 Å². The molecule has 0 N–H and O–H groups in total. The molecule has 0 saturated heterocycles. The van der Waals surface area contributed by atoms with Gasteiger partial charge in [0.05, 0.1) is 17.6 Å². The maximum atomic E-state index is 12.9. The van der Waals surface area contributed by atoms with Crippen LogP contribution in [-0.4, -0.2) is 27.6 Å². The lowest BCUT2D eigenvalue weighted by molar-refractivity contribution is 0.103. The Bertz CT molecular complexity index is 1020. The lowest BCUT2D eigenvalue weighted by Crippen LogP contribution is -2.05. The largest absolute Gasteiger partial charge is 0.496 e. The minimum absolute atomic E-state index is 0.162. The highest BCUT2D eigenvalue weighted by atomic mass is 32.2. The molecule has 0 saturated carbocycles. The van der Waals surface area contributed by atoms with Crippen LogP contribution in [0.4, 0.5) is 0 Å². The molecule has 3 rings (SSSR count). The number of rotatable bonds is 4. The van der Waals surface area contributed by atoms with Crippen molar-refractivity contribution in [3.05, 3.63) is 71.8 Å². The van der Waals surface area contributed by atoms with E-state index in [0.717, 1.165) is 6.26 Å². The number of hydrogen-bond acceptors (Lipinski definition) is 4. The van der Waals surface area contributed by atoms with Crippen molar-refractivity contribution in [2.75, 3.05) is 13.4 Å². The maximum absolute atomic E-state index is 12.9. The summed E-state index contributed by atoms with van der Waals surface area (Å²) >= 11 is 0. The lowest BCUT2D eigenvalue weighted by atomic mass is 9.96. The van der Waals surface area contributed by atoms with Gasteiger partial charge in [0.15, 0.2) is 15.6 Å². The summed E-state index contributed by atoms with van der Waals surface area (Å²) in [5, 5.41) is 1.34. The number of carbonyl (C=O) groups excluding carboxylic acids is 1. The first kappa shape index (κ1) is 16.2. The topological polar surface area (TPSA) is 60.4 Å². The molecule has 3 aromatic rings. The maximum Gasteiger partial charge on any atom is 0.197 e. The number of carbonyl (C=O) groups is 1. The van der Waals surface area contributed by atoms with Gasteiger partial charge < -0.3 is 4.74 Å². The van der Waals surface area contributed by atoms with Gasteiger partial charge in [0.1, 0.15) is 5.75 Å². The van der Waals surface area contributed by atoms with E-state index >= 15 is 0 Å². The SMILES string of the molecule is COc1ccc2cc(S(C)(=O)=O)ccc2c1C(=O)c1ccccc1. The second kappa shape index (κ2) is 6.09. The number of benzene rings is 3. The molecule has 0 heterocycles. The summed E-state index contributed by atoms with van der Waals surface area (Å²) < 4.78 is 28.9. The molecule has 0 atom stereocenters. The van der Waals surface area contributed by atoms with E-state index < -0.39 is 9.84 Å². The number of hydrogen-bond donors (Lipinski definition) is 0. The van der Waals surface area contributed by atoms with Crippen LogP contribution in [-0.2, 0) is 9.84 Å². The molecule has 0 radical (unpaired) electrons. The van der Waals surface area contributed by atoms with Gasteiger partial charge in [-0.2, -0.15) is 0 Å². The van der Waals surface area contributed by atoms with Crippen LogP contribution in [0.25, 0.3) is 10.8 Å². The van der Waals surface area contributed by atoms with Gasteiger partial charge in [-0.25, -0.2) is 8.42 Å². The van der Waals surface area contributed by atoms with Crippen molar-refractivity contribution >= 4 is 26.4 Å². The van der Waals surface area contributed by atoms with Crippen LogP contribution in [0.5, 0.6) is 5.75 Å². The van der Waals surface area contributed by atoms with Crippen LogP contribution in [0.1, 0.15) is 15.9 Å². The van der Waals surface area contributed by atoms with E-state index in [0.29, 0.717) is 27.6 Å². The predicted molar refractivity (Wildman–Crippen MR) is 93.5 cm³/mol. The second-order valence-electron chi connectivity index (χ2n) is 5.49. The summed E-state index contributed by atoms with van der Waals surface area (Å²) in [6.07, 6.45) is 1.16. The van der Waals surface area contributed by atoms with Crippen LogP contribution < -0.4 is 4.74 Å². The zero-order valence-electron chi connectivity index (χ0n) is 13.3. The van der Waals surface area contributed by atoms with Gasteiger partial charge in [-0.05, 0) is 29.0 Å². The molecule has 4 nitrogen and oxygen atoms in total. The molecule has 5 heteroatoms. The van der Waals surface area contributed by atoms with Gasteiger partial charge >= 0.3 is 0 Å². The monoisotopic (exact) mass is 340 g/mol. The van der Waals surface area contributed by atoms with Gasteiger partial charge in [-0.1, -0.05) is 42.5 Å². The second-order valence-corrected chi connectivity index (χ2v) is 7.51. The van der Waals surface area contributed by atoms with Crippen molar-refractivity contribution in [1.82, 2.24) is 0 Å². The van der Waals surface area contributed by atoms with E-state index in [-0.39, 0.29) is 10.7 Å². The Labute approximate surface area is 140 Å². The summed E-state index contributed by atoms with van der Waals surface area (Å²) in [6.45, 7) is 0. The standard InChI is InChI=1S/C19H16O4S/c1-23-17-11-8-14-12-15(24(2,21)22)9-10-16(14)18(17)19(20)13-6-4-3-5-7-13/h3-12H,1-2H3. The molecule has 0 aliphatic carbocycles. The van der Waals surface area contributed by atoms with Gasteiger partial charge in [0.25, 0.3) is 0 Å². The summed E-state index contributed by atoms with van der Waals surface area (Å²) in [7, 11) is -1.80. The van der Waals surface area contributed by atoms with E-state index in [1.807, 2.05) is 6.07 Å². The normalized spacial score (nSPS) is 11.4. The average molecular weight is 340 g/mol. The molecule has 0 aliphatic heterocycles. The van der Waals surface area contributed by atoms with Crippen molar-refractivity contribution in [3.8, 4) is 5.75 Å². The van der Waals surface area contributed by atoms with Crippen LogP contribution in [0, 0.1) is 0 Å². The van der Waals surface area contributed by atoms with Crippen molar-refractivity contribution < 1.29 is 17.9 Å². The van der Waals surface area contributed by atoms with Crippen LogP contribution in [0.15, 0.2) is 65.6 Å². The molecule has 0 fully saturated rings. The molecule has 0 aromatic heterocycles. The van der Waals surface area contributed by atoms with Crippen LogP contribution in [0.2, 0.25) is 0 Å². The molecule has 24 heavy (non-hydrogen) atoms. The van der Waals surface area contributed by atoms with E-state index in [2.05, 4.69) is 0 Å². The fourth-order valence-electron chi connectivity index (χ4n) is 2.66. The van der Waals surface area contributed by atoms with Crippen molar-refractivity contribution in [2.24, 2.45) is 0 Å². The third-order valence-electron chi connectivity index (χ3n) is 3.86. The van der Waals surface area contributed by atoms with Gasteiger partial charge in [-0.15, -0.1) is 0 Å². The Morgan fingerprint density at radius 3 is 2.29 bits per heavy atom.